The number of rotatable bonds is 6. The van der Waals surface area contributed by atoms with Crippen molar-refractivity contribution in [1.29, 1.82) is 0 Å². The third-order valence-electron chi connectivity index (χ3n) is 5.52. The second-order valence-corrected chi connectivity index (χ2v) is 7.43. The van der Waals surface area contributed by atoms with Gasteiger partial charge in [-0.15, -0.1) is 0 Å². The molecule has 1 aliphatic carbocycles. The van der Waals surface area contributed by atoms with E-state index in [1.54, 1.807) is 0 Å². The molecule has 0 atom stereocenters. The van der Waals surface area contributed by atoms with Gasteiger partial charge in [0.25, 0.3) is 0 Å². The molecule has 2 fully saturated rings. The van der Waals surface area contributed by atoms with Gasteiger partial charge in [0.2, 0.25) is 11.8 Å². The first kappa shape index (κ1) is 18.9. The molecule has 0 spiro atoms. The van der Waals surface area contributed by atoms with Crippen LogP contribution in [0.25, 0.3) is 0 Å². The molecule has 1 aromatic carbocycles. The molecule has 0 bridgehead atoms. The van der Waals surface area contributed by atoms with Gasteiger partial charge in [-0.25, -0.2) is 0 Å². The normalized spacial score (nSPS) is 19.3. The summed E-state index contributed by atoms with van der Waals surface area (Å²) in [6, 6.07) is 9.93. The predicted octanol–water partition coefficient (Wildman–Crippen LogP) is 2.89. The minimum Gasteiger partial charge on any atom is -0.368 e. The number of nitrogens with one attached hydrogen (secondary N) is 1. The van der Waals surface area contributed by atoms with Crippen LogP contribution in [-0.2, 0) is 20.9 Å². The highest BCUT2D eigenvalue weighted by Gasteiger charge is 2.27. The van der Waals surface area contributed by atoms with E-state index in [9.17, 15) is 9.59 Å². The van der Waals surface area contributed by atoms with E-state index < -0.39 is 0 Å². The molecule has 0 unspecified atom stereocenters. The fraction of sp³-hybridized carbons (Fsp3) is 0.619. The van der Waals surface area contributed by atoms with E-state index in [-0.39, 0.29) is 30.4 Å². The topological polar surface area (TPSA) is 58.6 Å². The van der Waals surface area contributed by atoms with Crippen molar-refractivity contribution in [3.05, 3.63) is 35.9 Å². The molecule has 2 amide bonds. The van der Waals surface area contributed by atoms with E-state index in [0.29, 0.717) is 19.6 Å². The van der Waals surface area contributed by atoms with Gasteiger partial charge in [0.05, 0.1) is 6.10 Å². The van der Waals surface area contributed by atoms with Gasteiger partial charge in [0.1, 0.15) is 6.61 Å². The second kappa shape index (κ2) is 9.72. The highest BCUT2D eigenvalue weighted by molar-refractivity contribution is 5.80. The zero-order chi connectivity index (χ0) is 18.2. The predicted molar refractivity (Wildman–Crippen MR) is 100 cm³/mol. The Kier molecular flexibility index (Phi) is 7.06. The van der Waals surface area contributed by atoms with Crippen molar-refractivity contribution in [3.8, 4) is 0 Å². The number of carbonyl (C=O) groups excluding carboxylic acids is 2. The molecule has 0 aromatic heterocycles. The van der Waals surface area contributed by atoms with Gasteiger partial charge in [-0.3, -0.25) is 9.59 Å². The van der Waals surface area contributed by atoms with Crippen LogP contribution in [0.1, 0.15) is 50.5 Å². The Labute approximate surface area is 156 Å². The summed E-state index contributed by atoms with van der Waals surface area (Å²) in [5, 5.41) is 3.01. The van der Waals surface area contributed by atoms with Gasteiger partial charge in [0, 0.05) is 25.6 Å². The lowest BCUT2D eigenvalue weighted by Gasteiger charge is -2.32. The van der Waals surface area contributed by atoms with Crippen molar-refractivity contribution in [1.82, 2.24) is 10.2 Å². The SMILES string of the molecule is O=C(NCc1ccccc1)C1CCN(C(=O)COC2CCCCC2)CC1. The molecular weight excluding hydrogens is 328 g/mol. The van der Waals surface area contributed by atoms with Crippen LogP contribution in [0.4, 0.5) is 0 Å². The summed E-state index contributed by atoms with van der Waals surface area (Å²) >= 11 is 0. The Hall–Kier alpha value is -1.88. The van der Waals surface area contributed by atoms with Crippen LogP contribution in [-0.4, -0.2) is 42.5 Å². The number of carbonyl (C=O) groups is 2. The third-order valence-corrected chi connectivity index (χ3v) is 5.52. The lowest BCUT2D eigenvalue weighted by molar-refractivity contribution is -0.141. The smallest absolute Gasteiger partial charge is 0.248 e. The maximum atomic E-state index is 12.3. The zero-order valence-electron chi connectivity index (χ0n) is 15.5. The number of nitrogens with zero attached hydrogens (tertiary/aromatic N) is 1. The summed E-state index contributed by atoms with van der Waals surface area (Å²) in [6.45, 7) is 2.05. The third kappa shape index (κ3) is 5.56. The number of amides is 2. The number of hydrogen-bond acceptors (Lipinski definition) is 3. The highest BCUT2D eigenvalue weighted by Crippen LogP contribution is 2.21. The van der Waals surface area contributed by atoms with Gasteiger partial charge >= 0.3 is 0 Å². The molecule has 1 aromatic rings. The molecule has 1 N–H and O–H groups in total. The van der Waals surface area contributed by atoms with Crippen molar-refractivity contribution < 1.29 is 14.3 Å². The summed E-state index contributed by atoms with van der Waals surface area (Å²) < 4.78 is 5.79. The summed E-state index contributed by atoms with van der Waals surface area (Å²) in [5.74, 6) is 0.167. The summed E-state index contributed by atoms with van der Waals surface area (Å²) in [5.41, 5.74) is 1.10. The van der Waals surface area contributed by atoms with Gasteiger partial charge < -0.3 is 15.0 Å². The van der Waals surface area contributed by atoms with Crippen molar-refractivity contribution in [3.63, 3.8) is 0 Å². The van der Waals surface area contributed by atoms with Crippen molar-refractivity contribution >= 4 is 11.8 Å². The summed E-state index contributed by atoms with van der Waals surface area (Å²) in [7, 11) is 0. The Balaban J connectivity index is 1.35. The molecule has 5 nitrogen and oxygen atoms in total. The van der Waals surface area contributed by atoms with Crippen LogP contribution in [0, 0.1) is 5.92 Å². The van der Waals surface area contributed by atoms with Gasteiger partial charge in [0.15, 0.2) is 0 Å². The number of piperidine rings is 1. The Morgan fingerprint density at radius 3 is 2.38 bits per heavy atom. The van der Waals surface area contributed by atoms with Crippen molar-refractivity contribution in [2.75, 3.05) is 19.7 Å². The number of likely N-dealkylation sites (tertiary alicyclic amines) is 1. The molecule has 2 aliphatic rings. The van der Waals surface area contributed by atoms with Crippen LogP contribution in [0.3, 0.4) is 0 Å². The number of hydrogen-bond donors (Lipinski definition) is 1. The molecule has 26 heavy (non-hydrogen) atoms. The van der Waals surface area contributed by atoms with Gasteiger partial charge in [-0.1, -0.05) is 49.6 Å². The highest BCUT2D eigenvalue weighted by atomic mass is 16.5. The van der Waals surface area contributed by atoms with E-state index in [0.717, 1.165) is 31.2 Å². The first-order valence-electron chi connectivity index (χ1n) is 9.93. The number of ether oxygens (including phenoxy) is 1. The van der Waals surface area contributed by atoms with E-state index in [1.165, 1.54) is 19.3 Å². The zero-order valence-corrected chi connectivity index (χ0v) is 15.5. The van der Waals surface area contributed by atoms with E-state index >= 15 is 0 Å². The monoisotopic (exact) mass is 358 g/mol. The van der Waals surface area contributed by atoms with Crippen molar-refractivity contribution in [2.45, 2.75) is 57.6 Å². The second-order valence-electron chi connectivity index (χ2n) is 7.43. The van der Waals surface area contributed by atoms with E-state index in [1.807, 2.05) is 35.2 Å². The van der Waals surface area contributed by atoms with Gasteiger partial charge in [-0.05, 0) is 31.2 Å². The van der Waals surface area contributed by atoms with Crippen LogP contribution in [0.2, 0.25) is 0 Å². The van der Waals surface area contributed by atoms with Crippen molar-refractivity contribution in [2.24, 2.45) is 5.92 Å². The van der Waals surface area contributed by atoms with Crippen LogP contribution >= 0.6 is 0 Å². The van der Waals surface area contributed by atoms with Crippen LogP contribution in [0.5, 0.6) is 0 Å². The van der Waals surface area contributed by atoms with E-state index in [4.69, 9.17) is 4.74 Å². The number of benzene rings is 1. The first-order chi connectivity index (χ1) is 12.7. The lowest BCUT2D eigenvalue weighted by Crippen LogP contribution is -2.44. The minimum absolute atomic E-state index is 0.00188. The maximum absolute atomic E-state index is 12.3. The van der Waals surface area contributed by atoms with Crippen LogP contribution < -0.4 is 5.32 Å². The van der Waals surface area contributed by atoms with E-state index in [2.05, 4.69) is 5.32 Å². The molecule has 1 aliphatic heterocycles. The summed E-state index contributed by atoms with van der Waals surface area (Å²) in [4.78, 5) is 26.5. The molecule has 3 rings (SSSR count). The Morgan fingerprint density at radius 2 is 1.69 bits per heavy atom. The molecule has 1 heterocycles. The fourth-order valence-electron chi connectivity index (χ4n) is 3.83. The van der Waals surface area contributed by atoms with Crippen LogP contribution in [0.15, 0.2) is 30.3 Å². The average molecular weight is 358 g/mol. The minimum atomic E-state index is 0.00188. The maximum Gasteiger partial charge on any atom is 0.248 e. The molecular formula is C21H30N2O3. The molecule has 1 saturated carbocycles. The molecule has 0 radical (unpaired) electrons. The fourth-order valence-corrected chi connectivity index (χ4v) is 3.83. The molecule has 5 heteroatoms. The largest absolute Gasteiger partial charge is 0.368 e. The lowest BCUT2D eigenvalue weighted by atomic mass is 9.95. The first-order valence-corrected chi connectivity index (χ1v) is 9.93. The average Bonchev–Trinajstić information content (AvgIpc) is 2.72. The van der Waals surface area contributed by atoms with Gasteiger partial charge in [-0.2, -0.15) is 0 Å². The molecule has 1 saturated heterocycles. The standard InChI is InChI=1S/C21H30N2O3/c24-20(16-26-19-9-5-2-6-10-19)23-13-11-18(12-14-23)21(25)22-15-17-7-3-1-4-8-17/h1,3-4,7-8,18-19H,2,5-6,9-16H2,(H,22,25). The Morgan fingerprint density at radius 1 is 1.00 bits per heavy atom. The Bertz CT molecular complexity index is 576. The molecule has 142 valence electrons. The quantitative estimate of drug-likeness (QED) is 0.851. The summed E-state index contributed by atoms with van der Waals surface area (Å²) in [6.07, 6.45) is 7.59.